The molecular weight excluding hydrogens is 90.1 g/mol. The highest BCUT2D eigenvalue weighted by atomic mass is 16.4. The standard InChI is InChI=1S/C5H5NO/c7-6-4-3-5(4)1-2-5/h1-2,7H,3H2. The van der Waals surface area contributed by atoms with Crippen LogP contribution in [-0.4, -0.2) is 10.9 Å². The molecule has 2 rings (SSSR count). The van der Waals surface area contributed by atoms with Crippen LogP contribution in [-0.2, 0) is 0 Å². The van der Waals surface area contributed by atoms with Gasteiger partial charge in [0, 0.05) is 6.42 Å². The van der Waals surface area contributed by atoms with E-state index in [0.717, 1.165) is 12.1 Å². The Kier molecular flexibility index (Phi) is 0.287. The number of rotatable bonds is 0. The lowest BCUT2D eigenvalue weighted by Gasteiger charge is -1.69. The van der Waals surface area contributed by atoms with Crippen molar-refractivity contribution in [1.82, 2.24) is 0 Å². The number of nitrogens with zero attached hydrogens (tertiary/aromatic N) is 1. The van der Waals surface area contributed by atoms with Crippen LogP contribution in [0.5, 0.6) is 0 Å². The molecule has 0 radical (unpaired) electrons. The topological polar surface area (TPSA) is 32.6 Å². The van der Waals surface area contributed by atoms with Gasteiger partial charge in [-0.2, -0.15) is 0 Å². The van der Waals surface area contributed by atoms with Gasteiger partial charge in [-0.1, -0.05) is 17.3 Å². The van der Waals surface area contributed by atoms with Crippen molar-refractivity contribution in [2.75, 3.05) is 0 Å². The van der Waals surface area contributed by atoms with Gasteiger partial charge in [-0.15, -0.1) is 0 Å². The lowest BCUT2D eigenvalue weighted by molar-refractivity contribution is 0.320. The first kappa shape index (κ1) is 3.24. The lowest BCUT2D eigenvalue weighted by atomic mass is 10.4. The van der Waals surface area contributed by atoms with Gasteiger partial charge in [-0.3, -0.25) is 0 Å². The minimum atomic E-state index is 0.217. The molecule has 0 unspecified atom stereocenters. The maximum Gasteiger partial charge on any atom is 0.0727 e. The zero-order valence-electron chi connectivity index (χ0n) is 3.76. The van der Waals surface area contributed by atoms with Crippen LogP contribution in [0.25, 0.3) is 0 Å². The van der Waals surface area contributed by atoms with Gasteiger partial charge in [0.1, 0.15) is 0 Å². The van der Waals surface area contributed by atoms with E-state index >= 15 is 0 Å². The SMILES string of the molecule is ON=C1CC12C=C2. The van der Waals surface area contributed by atoms with E-state index < -0.39 is 0 Å². The van der Waals surface area contributed by atoms with Crippen LogP contribution in [0, 0.1) is 5.41 Å². The molecule has 0 bridgehead atoms. The molecular formula is C5H5NO. The summed E-state index contributed by atoms with van der Waals surface area (Å²) >= 11 is 0. The quantitative estimate of drug-likeness (QED) is 0.269. The molecule has 0 aromatic rings. The van der Waals surface area contributed by atoms with Crippen LogP contribution in [0.1, 0.15) is 6.42 Å². The second-order valence-electron chi connectivity index (χ2n) is 2.10. The summed E-state index contributed by atoms with van der Waals surface area (Å²) in [5, 5.41) is 11.2. The van der Waals surface area contributed by atoms with Crippen LogP contribution >= 0.6 is 0 Å². The fourth-order valence-electron chi connectivity index (χ4n) is 0.772. The van der Waals surface area contributed by atoms with Crippen LogP contribution < -0.4 is 0 Å². The van der Waals surface area contributed by atoms with E-state index in [-0.39, 0.29) is 5.41 Å². The average molecular weight is 95.1 g/mol. The van der Waals surface area contributed by atoms with Gasteiger partial charge in [0.15, 0.2) is 0 Å². The zero-order valence-corrected chi connectivity index (χ0v) is 3.76. The Morgan fingerprint density at radius 2 is 2.43 bits per heavy atom. The molecule has 0 amide bonds. The van der Waals surface area contributed by atoms with E-state index in [1.807, 2.05) is 0 Å². The van der Waals surface area contributed by atoms with Crippen LogP contribution in [0.4, 0.5) is 0 Å². The Balaban J connectivity index is 2.25. The first-order valence-electron chi connectivity index (χ1n) is 2.29. The van der Waals surface area contributed by atoms with Crippen molar-refractivity contribution in [3.63, 3.8) is 0 Å². The number of hydrogen-bond acceptors (Lipinski definition) is 2. The molecule has 1 spiro atoms. The van der Waals surface area contributed by atoms with Crippen molar-refractivity contribution in [2.24, 2.45) is 10.6 Å². The molecule has 0 saturated heterocycles. The van der Waals surface area contributed by atoms with Gasteiger partial charge in [-0.25, -0.2) is 0 Å². The maximum atomic E-state index is 8.13. The summed E-state index contributed by atoms with van der Waals surface area (Å²) in [7, 11) is 0. The Hall–Kier alpha value is -0.790. The summed E-state index contributed by atoms with van der Waals surface area (Å²) in [5.41, 5.74) is 1.14. The van der Waals surface area contributed by atoms with Gasteiger partial charge in [-0.05, 0) is 0 Å². The highest BCUT2D eigenvalue weighted by molar-refractivity contribution is 6.12. The molecule has 2 aliphatic rings. The van der Waals surface area contributed by atoms with E-state index in [4.69, 9.17) is 5.21 Å². The molecule has 2 aliphatic carbocycles. The van der Waals surface area contributed by atoms with E-state index in [2.05, 4.69) is 17.3 Å². The predicted octanol–water partition coefficient (Wildman–Crippen LogP) is 0.776. The van der Waals surface area contributed by atoms with Crippen molar-refractivity contribution in [2.45, 2.75) is 6.42 Å². The Morgan fingerprint density at radius 1 is 1.71 bits per heavy atom. The third kappa shape index (κ3) is 0.232. The van der Waals surface area contributed by atoms with Crippen molar-refractivity contribution >= 4 is 5.71 Å². The maximum absolute atomic E-state index is 8.13. The summed E-state index contributed by atoms with van der Waals surface area (Å²) in [6.07, 6.45) is 5.08. The van der Waals surface area contributed by atoms with Crippen molar-refractivity contribution < 1.29 is 5.21 Å². The van der Waals surface area contributed by atoms with E-state index in [9.17, 15) is 0 Å². The lowest BCUT2D eigenvalue weighted by Crippen LogP contribution is -1.73. The first-order valence-corrected chi connectivity index (χ1v) is 2.29. The second-order valence-corrected chi connectivity index (χ2v) is 2.10. The summed E-state index contributed by atoms with van der Waals surface area (Å²) in [4.78, 5) is 0. The van der Waals surface area contributed by atoms with Crippen LogP contribution in [0.3, 0.4) is 0 Å². The van der Waals surface area contributed by atoms with Gasteiger partial charge >= 0.3 is 0 Å². The van der Waals surface area contributed by atoms with Gasteiger partial charge in [0.25, 0.3) is 0 Å². The minimum absolute atomic E-state index is 0.217. The Morgan fingerprint density at radius 3 is 2.57 bits per heavy atom. The molecule has 1 saturated carbocycles. The highest BCUT2D eigenvalue weighted by Gasteiger charge is 2.54. The number of oxime groups is 1. The van der Waals surface area contributed by atoms with Gasteiger partial charge in [0.05, 0.1) is 11.1 Å². The molecule has 7 heavy (non-hydrogen) atoms. The normalized spacial score (nSPS) is 34.6. The first-order chi connectivity index (χ1) is 3.37. The molecule has 1 fully saturated rings. The van der Waals surface area contributed by atoms with E-state index in [1.54, 1.807) is 0 Å². The number of allylic oxidation sites excluding steroid dienone is 2. The van der Waals surface area contributed by atoms with Crippen LogP contribution in [0.15, 0.2) is 17.3 Å². The fraction of sp³-hybridized carbons (Fsp3) is 0.400. The fourth-order valence-corrected chi connectivity index (χ4v) is 0.772. The summed E-state index contributed by atoms with van der Waals surface area (Å²) in [6.45, 7) is 0. The largest absolute Gasteiger partial charge is 0.411 e. The van der Waals surface area contributed by atoms with Crippen LogP contribution in [0.2, 0.25) is 0 Å². The van der Waals surface area contributed by atoms with Gasteiger partial charge < -0.3 is 5.21 Å². The molecule has 0 heterocycles. The van der Waals surface area contributed by atoms with E-state index in [0.29, 0.717) is 0 Å². The monoisotopic (exact) mass is 95.0 g/mol. The molecule has 36 valence electrons. The Labute approximate surface area is 41.1 Å². The summed E-state index contributed by atoms with van der Waals surface area (Å²) in [5.74, 6) is 0. The second kappa shape index (κ2) is 0.619. The smallest absolute Gasteiger partial charge is 0.0727 e. The molecule has 0 aromatic carbocycles. The molecule has 0 atom stereocenters. The Bertz CT molecular complexity index is 163. The molecule has 1 N–H and O–H groups in total. The average Bonchev–Trinajstić information content (AvgIpc) is 2.52. The molecule has 0 aromatic heterocycles. The summed E-state index contributed by atoms with van der Waals surface area (Å²) in [6, 6.07) is 0. The number of hydrogen-bond donors (Lipinski definition) is 1. The molecule has 2 heteroatoms. The summed E-state index contributed by atoms with van der Waals surface area (Å²) < 4.78 is 0. The molecule has 0 aliphatic heterocycles. The van der Waals surface area contributed by atoms with E-state index in [1.165, 1.54) is 0 Å². The van der Waals surface area contributed by atoms with Crippen molar-refractivity contribution in [3.8, 4) is 0 Å². The molecule has 2 nitrogen and oxygen atoms in total. The third-order valence-corrected chi connectivity index (χ3v) is 1.56. The van der Waals surface area contributed by atoms with Crippen molar-refractivity contribution in [1.29, 1.82) is 0 Å². The minimum Gasteiger partial charge on any atom is -0.411 e. The van der Waals surface area contributed by atoms with Crippen molar-refractivity contribution in [3.05, 3.63) is 12.2 Å². The highest BCUT2D eigenvalue weighted by Crippen LogP contribution is 2.54. The third-order valence-electron chi connectivity index (χ3n) is 1.56. The zero-order chi connectivity index (χ0) is 4.91. The van der Waals surface area contributed by atoms with Gasteiger partial charge in [0.2, 0.25) is 0 Å². The predicted molar refractivity (Wildman–Crippen MR) is 25.4 cm³/mol.